The SMILES string of the molecule is N#Cc1ccc(NC(=O)CN2C(=O)N[C@@]3(CCc4ccccc43)C2=O)cc1. The molecule has 0 bridgehead atoms. The summed E-state index contributed by atoms with van der Waals surface area (Å²) < 4.78 is 0. The van der Waals surface area contributed by atoms with Gasteiger partial charge in [-0.25, -0.2) is 4.79 Å². The highest BCUT2D eigenvalue weighted by Crippen LogP contribution is 2.41. The lowest BCUT2D eigenvalue weighted by Crippen LogP contribution is -2.42. The van der Waals surface area contributed by atoms with Gasteiger partial charge in [0.05, 0.1) is 11.6 Å². The predicted octanol–water partition coefficient (Wildman–Crippen LogP) is 1.89. The lowest BCUT2D eigenvalue weighted by atomic mass is 9.92. The number of fused-ring (bicyclic) bond motifs is 2. The maximum Gasteiger partial charge on any atom is 0.325 e. The van der Waals surface area contributed by atoms with Crippen molar-refractivity contribution in [1.82, 2.24) is 10.2 Å². The molecule has 0 unspecified atom stereocenters. The van der Waals surface area contributed by atoms with E-state index in [4.69, 9.17) is 5.26 Å². The number of nitrogens with zero attached hydrogens (tertiary/aromatic N) is 2. The van der Waals surface area contributed by atoms with Crippen LogP contribution in [-0.2, 0) is 21.5 Å². The minimum atomic E-state index is -1.07. The molecule has 7 heteroatoms. The third kappa shape index (κ3) is 2.72. The molecular weight excluding hydrogens is 344 g/mol. The van der Waals surface area contributed by atoms with Crippen LogP contribution in [0.15, 0.2) is 48.5 Å². The quantitative estimate of drug-likeness (QED) is 0.816. The first kappa shape index (κ1) is 16.8. The summed E-state index contributed by atoms with van der Waals surface area (Å²) in [7, 11) is 0. The number of benzene rings is 2. The van der Waals surface area contributed by atoms with Crippen molar-refractivity contribution in [3.63, 3.8) is 0 Å². The Hall–Kier alpha value is -3.66. The predicted molar refractivity (Wildman–Crippen MR) is 96.5 cm³/mol. The zero-order valence-corrected chi connectivity index (χ0v) is 14.4. The van der Waals surface area contributed by atoms with Gasteiger partial charge in [-0.15, -0.1) is 0 Å². The molecule has 1 spiro atoms. The molecule has 1 fully saturated rings. The molecule has 2 aromatic rings. The molecule has 2 N–H and O–H groups in total. The van der Waals surface area contributed by atoms with E-state index in [2.05, 4.69) is 10.6 Å². The molecule has 2 aromatic carbocycles. The van der Waals surface area contributed by atoms with Crippen molar-refractivity contribution in [2.24, 2.45) is 0 Å². The van der Waals surface area contributed by atoms with Gasteiger partial charge in [0.2, 0.25) is 5.91 Å². The maximum absolute atomic E-state index is 13.0. The monoisotopic (exact) mass is 360 g/mol. The average Bonchev–Trinajstić information content (AvgIpc) is 3.16. The number of amides is 4. The van der Waals surface area contributed by atoms with Crippen LogP contribution >= 0.6 is 0 Å². The third-order valence-corrected chi connectivity index (χ3v) is 5.02. The van der Waals surface area contributed by atoms with E-state index < -0.39 is 23.4 Å². The minimum absolute atomic E-state index is 0.366. The number of carbonyl (C=O) groups excluding carboxylic acids is 3. The van der Waals surface area contributed by atoms with Crippen molar-refractivity contribution >= 4 is 23.5 Å². The number of hydrogen-bond acceptors (Lipinski definition) is 4. The van der Waals surface area contributed by atoms with Crippen molar-refractivity contribution in [2.75, 3.05) is 11.9 Å². The Bertz CT molecular complexity index is 993. The summed E-state index contributed by atoms with van der Waals surface area (Å²) in [6.07, 6.45) is 1.19. The van der Waals surface area contributed by atoms with Crippen LogP contribution in [0.2, 0.25) is 0 Å². The first-order valence-corrected chi connectivity index (χ1v) is 8.56. The van der Waals surface area contributed by atoms with Gasteiger partial charge < -0.3 is 10.6 Å². The number of imide groups is 1. The second-order valence-corrected chi connectivity index (χ2v) is 6.62. The molecule has 27 heavy (non-hydrogen) atoms. The lowest BCUT2D eigenvalue weighted by Gasteiger charge is -2.22. The Kier molecular flexibility index (Phi) is 3.89. The summed E-state index contributed by atoms with van der Waals surface area (Å²) in [5.74, 6) is -0.876. The summed E-state index contributed by atoms with van der Waals surface area (Å²) in [5, 5.41) is 14.2. The van der Waals surface area contributed by atoms with E-state index in [1.165, 1.54) is 0 Å². The molecular formula is C20H16N4O3. The normalized spacial score (nSPS) is 20.3. The minimum Gasteiger partial charge on any atom is -0.325 e. The lowest BCUT2D eigenvalue weighted by molar-refractivity contribution is -0.134. The molecule has 1 heterocycles. The fraction of sp³-hybridized carbons (Fsp3) is 0.200. The molecule has 1 aliphatic carbocycles. The van der Waals surface area contributed by atoms with Gasteiger partial charge in [0.1, 0.15) is 12.1 Å². The van der Waals surface area contributed by atoms with Gasteiger partial charge in [-0.3, -0.25) is 14.5 Å². The molecule has 0 aromatic heterocycles. The number of aryl methyl sites for hydroxylation is 1. The highest BCUT2D eigenvalue weighted by molar-refractivity contribution is 6.10. The topological polar surface area (TPSA) is 102 Å². The van der Waals surface area contributed by atoms with Gasteiger partial charge in [0.15, 0.2) is 0 Å². The third-order valence-electron chi connectivity index (χ3n) is 5.02. The van der Waals surface area contributed by atoms with Crippen LogP contribution in [0.25, 0.3) is 0 Å². The smallest absolute Gasteiger partial charge is 0.325 e. The van der Waals surface area contributed by atoms with Crippen molar-refractivity contribution in [1.29, 1.82) is 5.26 Å². The Morgan fingerprint density at radius 1 is 1.19 bits per heavy atom. The summed E-state index contributed by atoms with van der Waals surface area (Å²) in [6, 6.07) is 15.3. The molecule has 1 atom stereocenters. The number of carbonyl (C=O) groups is 3. The van der Waals surface area contributed by atoms with E-state index in [9.17, 15) is 14.4 Å². The fourth-order valence-electron chi connectivity index (χ4n) is 3.71. The molecule has 7 nitrogen and oxygen atoms in total. The highest BCUT2D eigenvalue weighted by atomic mass is 16.2. The van der Waals surface area contributed by atoms with Gasteiger partial charge in [0.25, 0.3) is 5.91 Å². The number of anilines is 1. The number of hydrogen-bond donors (Lipinski definition) is 2. The number of urea groups is 1. The number of rotatable bonds is 3. The van der Waals surface area contributed by atoms with E-state index >= 15 is 0 Å². The van der Waals surface area contributed by atoms with Crippen molar-refractivity contribution in [3.8, 4) is 6.07 Å². The zero-order valence-electron chi connectivity index (χ0n) is 14.4. The molecule has 0 saturated carbocycles. The molecule has 4 rings (SSSR count). The van der Waals surface area contributed by atoms with E-state index in [-0.39, 0.29) is 6.54 Å². The molecule has 1 saturated heterocycles. The Morgan fingerprint density at radius 2 is 1.93 bits per heavy atom. The maximum atomic E-state index is 13.0. The second kappa shape index (κ2) is 6.25. The molecule has 2 aliphatic rings. The van der Waals surface area contributed by atoms with Crippen LogP contribution in [0.4, 0.5) is 10.5 Å². The fourth-order valence-corrected chi connectivity index (χ4v) is 3.71. The van der Waals surface area contributed by atoms with Crippen LogP contribution in [0.5, 0.6) is 0 Å². The molecule has 134 valence electrons. The second-order valence-electron chi connectivity index (χ2n) is 6.62. The average molecular weight is 360 g/mol. The van der Waals surface area contributed by atoms with Crippen molar-refractivity contribution < 1.29 is 14.4 Å². The van der Waals surface area contributed by atoms with Gasteiger partial charge in [-0.2, -0.15) is 5.26 Å². The van der Waals surface area contributed by atoms with Crippen LogP contribution in [0.3, 0.4) is 0 Å². The number of nitriles is 1. The van der Waals surface area contributed by atoms with Crippen LogP contribution in [0.1, 0.15) is 23.1 Å². The Labute approximate surface area is 155 Å². The molecule has 1 aliphatic heterocycles. The number of nitrogens with one attached hydrogen (secondary N) is 2. The van der Waals surface area contributed by atoms with Crippen LogP contribution < -0.4 is 10.6 Å². The van der Waals surface area contributed by atoms with Gasteiger partial charge >= 0.3 is 6.03 Å². The highest BCUT2D eigenvalue weighted by Gasteiger charge is 2.55. The summed E-state index contributed by atoms with van der Waals surface area (Å²) >= 11 is 0. The van der Waals surface area contributed by atoms with Gasteiger partial charge in [0, 0.05) is 5.69 Å². The molecule has 0 radical (unpaired) electrons. The van der Waals surface area contributed by atoms with Crippen molar-refractivity contribution in [2.45, 2.75) is 18.4 Å². The Morgan fingerprint density at radius 3 is 2.67 bits per heavy atom. The van der Waals surface area contributed by atoms with E-state index in [0.29, 0.717) is 24.1 Å². The molecule has 4 amide bonds. The Balaban J connectivity index is 1.50. The summed E-state index contributed by atoms with van der Waals surface area (Å²) in [5.41, 5.74) is 1.74. The summed E-state index contributed by atoms with van der Waals surface area (Å²) in [4.78, 5) is 38.7. The zero-order chi connectivity index (χ0) is 19.0. The van der Waals surface area contributed by atoms with E-state index in [1.54, 1.807) is 24.3 Å². The standard InChI is InChI=1S/C20H16N4O3/c21-11-13-5-7-15(8-6-13)22-17(25)12-24-18(26)20(23-19(24)27)10-9-14-3-1-2-4-16(14)20/h1-8H,9-10,12H2,(H,22,25)(H,23,27)/t20-/m1/s1. The van der Waals surface area contributed by atoms with E-state index in [0.717, 1.165) is 16.0 Å². The summed E-state index contributed by atoms with van der Waals surface area (Å²) in [6.45, 7) is -0.366. The van der Waals surface area contributed by atoms with Crippen LogP contribution in [0, 0.1) is 11.3 Å². The van der Waals surface area contributed by atoms with Crippen LogP contribution in [-0.4, -0.2) is 29.3 Å². The van der Waals surface area contributed by atoms with Crippen molar-refractivity contribution in [3.05, 3.63) is 65.2 Å². The van der Waals surface area contributed by atoms with E-state index in [1.807, 2.05) is 30.3 Å². The van der Waals surface area contributed by atoms with Gasteiger partial charge in [-0.1, -0.05) is 24.3 Å². The first-order valence-electron chi connectivity index (χ1n) is 8.56. The first-order chi connectivity index (χ1) is 13.0. The van der Waals surface area contributed by atoms with Gasteiger partial charge in [-0.05, 0) is 48.2 Å². The largest absolute Gasteiger partial charge is 0.325 e.